The predicted molar refractivity (Wildman–Crippen MR) is 80.5 cm³/mol. The molecule has 0 aliphatic carbocycles. The molecule has 1 aromatic heterocycles. The van der Waals surface area contributed by atoms with Crippen LogP contribution in [-0.4, -0.2) is 6.54 Å². The second kappa shape index (κ2) is 7.04. The van der Waals surface area contributed by atoms with Crippen LogP contribution in [0, 0.1) is 5.82 Å². The number of hydrogen-bond acceptors (Lipinski definition) is 2. The minimum Gasteiger partial charge on any atom is -0.310 e. The molecule has 0 spiro atoms. The molecule has 102 valence electrons. The van der Waals surface area contributed by atoms with Crippen molar-refractivity contribution in [2.24, 2.45) is 0 Å². The standard InChI is InChI=1S/C15H17ClFNS/c1-2-6-18-15(11-5-7-19-10-11)9-12-8-13(17)3-4-14(12)16/h3-5,7-8,10,15,18H,2,6,9H2,1H3. The van der Waals surface area contributed by atoms with Crippen molar-refractivity contribution in [3.63, 3.8) is 0 Å². The van der Waals surface area contributed by atoms with E-state index in [0.717, 1.165) is 18.5 Å². The molecule has 1 unspecified atom stereocenters. The van der Waals surface area contributed by atoms with Crippen molar-refractivity contribution in [1.82, 2.24) is 5.32 Å². The first-order chi connectivity index (χ1) is 9.20. The van der Waals surface area contributed by atoms with E-state index in [-0.39, 0.29) is 11.9 Å². The van der Waals surface area contributed by atoms with Gasteiger partial charge in [-0.1, -0.05) is 18.5 Å². The van der Waals surface area contributed by atoms with Gasteiger partial charge in [0.25, 0.3) is 0 Å². The van der Waals surface area contributed by atoms with Crippen molar-refractivity contribution in [2.45, 2.75) is 25.8 Å². The van der Waals surface area contributed by atoms with Gasteiger partial charge >= 0.3 is 0 Å². The molecule has 2 aromatic rings. The Morgan fingerprint density at radius 1 is 1.37 bits per heavy atom. The molecule has 2 rings (SSSR count). The number of benzene rings is 1. The molecule has 1 heterocycles. The van der Waals surface area contributed by atoms with Crippen LogP contribution in [0.5, 0.6) is 0 Å². The fourth-order valence-corrected chi connectivity index (χ4v) is 2.93. The zero-order valence-corrected chi connectivity index (χ0v) is 12.4. The van der Waals surface area contributed by atoms with Crippen LogP contribution < -0.4 is 5.32 Å². The number of rotatable bonds is 6. The molecule has 0 fully saturated rings. The predicted octanol–water partition coefficient (Wildman–Crippen LogP) is 4.82. The summed E-state index contributed by atoms with van der Waals surface area (Å²) in [6.45, 7) is 3.07. The van der Waals surface area contributed by atoms with Gasteiger partial charge < -0.3 is 5.32 Å². The Bertz CT molecular complexity index is 513. The molecule has 0 aliphatic rings. The maximum atomic E-state index is 13.3. The van der Waals surface area contributed by atoms with Gasteiger partial charge in [-0.3, -0.25) is 0 Å². The highest BCUT2D eigenvalue weighted by Gasteiger charge is 2.14. The zero-order chi connectivity index (χ0) is 13.7. The van der Waals surface area contributed by atoms with Crippen LogP contribution in [0.4, 0.5) is 4.39 Å². The largest absolute Gasteiger partial charge is 0.310 e. The van der Waals surface area contributed by atoms with E-state index in [1.807, 2.05) is 0 Å². The van der Waals surface area contributed by atoms with Gasteiger partial charge in [0, 0.05) is 11.1 Å². The van der Waals surface area contributed by atoms with Gasteiger partial charge in [0.2, 0.25) is 0 Å². The van der Waals surface area contributed by atoms with Crippen LogP contribution in [0.15, 0.2) is 35.0 Å². The molecule has 0 amide bonds. The average Bonchev–Trinajstić information content (AvgIpc) is 2.92. The smallest absolute Gasteiger partial charge is 0.123 e. The number of nitrogens with one attached hydrogen (secondary N) is 1. The van der Waals surface area contributed by atoms with E-state index >= 15 is 0 Å². The Morgan fingerprint density at radius 2 is 2.21 bits per heavy atom. The van der Waals surface area contributed by atoms with E-state index in [9.17, 15) is 4.39 Å². The van der Waals surface area contributed by atoms with E-state index in [4.69, 9.17) is 11.6 Å². The molecule has 1 atom stereocenters. The quantitative estimate of drug-likeness (QED) is 0.806. The summed E-state index contributed by atoms with van der Waals surface area (Å²) in [7, 11) is 0. The van der Waals surface area contributed by atoms with Crippen molar-refractivity contribution < 1.29 is 4.39 Å². The van der Waals surface area contributed by atoms with Crippen molar-refractivity contribution >= 4 is 22.9 Å². The maximum absolute atomic E-state index is 13.3. The molecular weight excluding hydrogens is 281 g/mol. The third-order valence-corrected chi connectivity index (χ3v) is 4.09. The third-order valence-electron chi connectivity index (χ3n) is 3.02. The highest BCUT2D eigenvalue weighted by molar-refractivity contribution is 7.07. The molecule has 1 aromatic carbocycles. The van der Waals surface area contributed by atoms with Gasteiger partial charge in [-0.15, -0.1) is 0 Å². The van der Waals surface area contributed by atoms with E-state index < -0.39 is 0 Å². The van der Waals surface area contributed by atoms with Gasteiger partial charge in [0.05, 0.1) is 0 Å². The van der Waals surface area contributed by atoms with Crippen LogP contribution in [0.25, 0.3) is 0 Å². The SMILES string of the molecule is CCCNC(Cc1cc(F)ccc1Cl)c1ccsc1. The van der Waals surface area contributed by atoms with Gasteiger partial charge in [0.1, 0.15) is 5.82 Å². The first-order valence-corrected chi connectivity index (χ1v) is 7.72. The Balaban J connectivity index is 2.17. The van der Waals surface area contributed by atoms with Crippen LogP contribution in [0.1, 0.15) is 30.5 Å². The number of halogens is 2. The summed E-state index contributed by atoms with van der Waals surface area (Å²) < 4.78 is 13.3. The molecule has 0 saturated carbocycles. The summed E-state index contributed by atoms with van der Waals surface area (Å²) in [5, 5.41) is 8.30. The van der Waals surface area contributed by atoms with Gasteiger partial charge in [-0.05, 0) is 65.5 Å². The van der Waals surface area contributed by atoms with Crippen LogP contribution in [-0.2, 0) is 6.42 Å². The third kappa shape index (κ3) is 4.03. The molecule has 0 aliphatic heterocycles. The lowest BCUT2D eigenvalue weighted by Crippen LogP contribution is -2.23. The summed E-state index contributed by atoms with van der Waals surface area (Å²) in [5.41, 5.74) is 2.08. The normalized spacial score (nSPS) is 12.6. The summed E-state index contributed by atoms with van der Waals surface area (Å²) in [6, 6.07) is 6.83. The molecule has 4 heteroatoms. The summed E-state index contributed by atoms with van der Waals surface area (Å²) >= 11 is 7.82. The Morgan fingerprint density at radius 3 is 2.89 bits per heavy atom. The van der Waals surface area contributed by atoms with Crippen molar-refractivity contribution in [2.75, 3.05) is 6.54 Å². The molecule has 0 bridgehead atoms. The highest BCUT2D eigenvalue weighted by atomic mass is 35.5. The molecule has 0 saturated heterocycles. The minimum absolute atomic E-state index is 0.186. The van der Waals surface area contributed by atoms with Crippen molar-refractivity contribution in [3.8, 4) is 0 Å². The lowest BCUT2D eigenvalue weighted by atomic mass is 10.0. The Labute approximate surface area is 122 Å². The topological polar surface area (TPSA) is 12.0 Å². The van der Waals surface area contributed by atoms with Gasteiger partial charge in [0.15, 0.2) is 0 Å². The fourth-order valence-electron chi connectivity index (χ4n) is 2.02. The lowest BCUT2D eigenvalue weighted by molar-refractivity contribution is 0.528. The fraction of sp³-hybridized carbons (Fsp3) is 0.333. The van der Waals surface area contributed by atoms with Crippen LogP contribution in [0.2, 0.25) is 5.02 Å². The highest BCUT2D eigenvalue weighted by Crippen LogP contribution is 2.25. The van der Waals surface area contributed by atoms with E-state index in [1.165, 1.54) is 17.7 Å². The maximum Gasteiger partial charge on any atom is 0.123 e. The zero-order valence-electron chi connectivity index (χ0n) is 10.8. The summed E-state index contributed by atoms with van der Waals surface area (Å²) in [4.78, 5) is 0. The molecule has 0 radical (unpaired) electrons. The first-order valence-electron chi connectivity index (χ1n) is 6.40. The first kappa shape index (κ1) is 14.5. The van der Waals surface area contributed by atoms with Crippen molar-refractivity contribution in [1.29, 1.82) is 0 Å². The summed E-state index contributed by atoms with van der Waals surface area (Å²) in [5.74, 6) is -0.237. The van der Waals surface area contributed by atoms with E-state index in [1.54, 1.807) is 17.4 Å². The minimum atomic E-state index is -0.237. The van der Waals surface area contributed by atoms with Crippen molar-refractivity contribution in [3.05, 3.63) is 57.0 Å². The lowest BCUT2D eigenvalue weighted by Gasteiger charge is -2.18. The monoisotopic (exact) mass is 297 g/mol. The van der Waals surface area contributed by atoms with Gasteiger partial charge in [-0.2, -0.15) is 11.3 Å². The van der Waals surface area contributed by atoms with Gasteiger partial charge in [-0.25, -0.2) is 4.39 Å². The average molecular weight is 298 g/mol. The Kier molecular flexibility index (Phi) is 5.37. The second-order valence-electron chi connectivity index (χ2n) is 4.50. The molecular formula is C15H17ClFNS. The van der Waals surface area contributed by atoms with E-state index in [2.05, 4.69) is 29.1 Å². The number of hydrogen-bond donors (Lipinski definition) is 1. The number of thiophene rings is 1. The molecule has 1 N–H and O–H groups in total. The summed E-state index contributed by atoms with van der Waals surface area (Å²) in [6.07, 6.45) is 1.77. The Hall–Kier alpha value is -0.900. The van der Waals surface area contributed by atoms with Crippen LogP contribution in [0.3, 0.4) is 0 Å². The van der Waals surface area contributed by atoms with Crippen LogP contribution >= 0.6 is 22.9 Å². The van der Waals surface area contributed by atoms with E-state index in [0.29, 0.717) is 11.4 Å². The second-order valence-corrected chi connectivity index (χ2v) is 5.69. The molecule has 19 heavy (non-hydrogen) atoms. The molecule has 1 nitrogen and oxygen atoms in total.